The Morgan fingerprint density at radius 2 is 1.76 bits per heavy atom. The fourth-order valence-corrected chi connectivity index (χ4v) is 1.90. The predicted molar refractivity (Wildman–Crippen MR) is 74.1 cm³/mol. The van der Waals surface area contributed by atoms with Gasteiger partial charge in [0.1, 0.15) is 0 Å². The van der Waals surface area contributed by atoms with Gasteiger partial charge in [0.2, 0.25) is 0 Å². The number of halogens is 1. The third-order valence-electron chi connectivity index (χ3n) is 2.38. The molecule has 0 saturated carbocycles. The number of allylic oxidation sites excluding steroid dienone is 3. The molecule has 3 atom stereocenters. The lowest BCUT2D eigenvalue weighted by Crippen LogP contribution is -2.25. The van der Waals surface area contributed by atoms with Crippen molar-refractivity contribution in [3.63, 3.8) is 0 Å². The molecule has 3 heteroatoms. The summed E-state index contributed by atoms with van der Waals surface area (Å²) >= 11 is 3.32. The van der Waals surface area contributed by atoms with Gasteiger partial charge in [0.15, 0.2) is 0 Å². The van der Waals surface area contributed by atoms with Crippen molar-refractivity contribution in [1.82, 2.24) is 0 Å². The van der Waals surface area contributed by atoms with Crippen molar-refractivity contribution in [3.8, 4) is 0 Å². The third-order valence-corrected chi connectivity index (χ3v) is 3.42. The molecule has 0 heterocycles. The summed E-state index contributed by atoms with van der Waals surface area (Å²) in [4.78, 5) is -0.425. The second-order valence-electron chi connectivity index (χ2n) is 3.70. The summed E-state index contributed by atoms with van der Waals surface area (Å²) in [6, 6.07) is 9.28. The molecule has 0 aliphatic rings. The molecule has 92 valence electrons. The van der Waals surface area contributed by atoms with E-state index < -0.39 is 17.0 Å². The highest BCUT2D eigenvalue weighted by Crippen LogP contribution is 2.25. The zero-order chi connectivity index (χ0) is 12.7. The quantitative estimate of drug-likeness (QED) is 0.648. The van der Waals surface area contributed by atoms with Crippen LogP contribution >= 0.6 is 15.9 Å². The number of benzene rings is 1. The van der Waals surface area contributed by atoms with E-state index in [-0.39, 0.29) is 0 Å². The smallest absolute Gasteiger partial charge is 0.0943 e. The fraction of sp³-hybridized carbons (Fsp3) is 0.286. The van der Waals surface area contributed by atoms with Gasteiger partial charge in [-0.05, 0) is 12.5 Å². The number of hydrogen-bond acceptors (Lipinski definition) is 2. The van der Waals surface area contributed by atoms with Crippen LogP contribution < -0.4 is 0 Å². The number of hydrogen-bond donors (Lipinski definition) is 2. The van der Waals surface area contributed by atoms with Gasteiger partial charge in [-0.25, -0.2) is 0 Å². The van der Waals surface area contributed by atoms with Gasteiger partial charge in [-0.1, -0.05) is 70.6 Å². The van der Waals surface area contributed by atoms with Gasteiger partial charge in [-0.2, -0.15) is 0 Å². The first kappa shape index (κ1) is 14.2. The van der Waals surface area contributed by atoms with Crippen molar-refractivity contribution >= 4 is 15.9 Å². The van der Waals surface area contributed by atoms with E-state index >= 15 is 0 Å². The van der Waals surface area contributed by atoms with Crippen LogP contribution in [0, 0.1) is 0 Å². The summed E-state index contributed by atoms with van der Waals surface area (Å²) < 4.78 is 0. The summed E-state index contributed by atoms with van der Waals surface area (Å²) in [5.74, 6) is 0. The maximum atomic E-state index is 10.1. The topological polar surface area (TPSA) is 40.5 Å². The summed E-state index contributed by atoms with van der Waals surface area (Å²) in [5, 5.41) is 19.9. The highest BCUT2D eigenvalue weighted by molar-refractivity contribution is 9.09. The maximum absolute atomic E-state index is 10.1. The van der Waals surface area contributed by atoms with Crippen molar-refractivity contribution in [2.24, 2.45) is 0 Å². The van der Waals surface area contributed by atoms with Crippen molar-refractivity contribution in [3.05, 3.63) is 60.2 Å². The van der Waals surface area contributed by atoms with E-state index in [1.807, 2.05) is 49.4 Å². The Labute approximate surface area is 110 Å². The summed E-state index contributed by atoms with van der Waals surface area (Å²) in [7, 11) is 0. The highest BCUT2D eigenvalue weighted by atomic mass is 79.9. The molecular formula is C14H17BrO2. The van der Waals surface area contributed by atoms with E-state index in [2.05, 4.69) is 15.9 Å². The van der Waals surface area contributed by atoms with Crippen LogP contribution in [0.2, 0.25) is 0 Å². The zero-order valence-electron chi connectivity index (χ0n) is 9.70. The molecule has 0 amide bonds. The van der Waals surface area contributed by atoms with Gasteiger partial charge in [0.05, 0.1) is 17.0 Å². The Morgan fingerprint density at radius 3 is 2.35 bits per heavy atom. The molecule has 0 aromatic heterocycles. The lowest BCUT2D eigenvalue weighted by atomic mass is 10.0. The molecule has 2 N–H and O–H groups in total. The molecule has 0 bridgehead atoms. The van der Waals surface area contributed by atoms with Crippen molar-refractivity contribution in [2.75, 3.05) is 0 Å². The Hall–Kier alpha value is -0.900. The van der Waals surface area contributed by atoms with Crippen LogP contribution in [0.4, 0.5) is 0 Å². The Bertz CT molecular complexity index is 373. The standard InChI is InChI=1S/C14H17BrO2/c1-2-3-5-10-12(16)13(15)14(17)11-8-6-4-7-9-11/h2-10,12-14,16-17H,1H3/b3-2+,10-5+/t12-,13-,14+/m0/s1. The van der Waals surface area contributed by atoms with E-state index in [0.717, 1.165) is 5.56 Å². The van der Waals surface area contributed by atoms with Gasteiger partial charge in [-0.3, -0.25) is 0 Å². The lowest BCUT2D eigenvalue weighted by molar-refractivity contribution is 0.115. The van der Waals surface area contributed by atoms with Crippen molar-refractivity contribution in [1.29, 1.82) is 0 Å². The molecule has 1 aromatic rings. The van der Waals surface area contributed by atoms with Gasteiger partial charge in [-0.15, -0.1) is 0 Å². The second kappa shape index (κ2) is 7.43. The molecule has 1 aromatic carbocycles. The molecule has 2 nitrogen and oxygen atoms in total. The Kier molecular flexibility index (Phi) is 6.19. The molecule has 0 fully saturated rings. The van der Waals surface area contributed by atoms with Crippen LogP contribution in [0.5, 0.6) is 0 Å². The fourth-order valence-electron chi connectivity index (χ4n) is 1.42. The number of alkyl halides is 1. The van der Waals surface area contributed by atoms with Crippen molar-refractivity contribution < 1.29 is 10.2 Å². The van der Waals surface area contributed by atoms with Crippen molar-refractivity contribution in [2.45, 2.75) is 24.0 Å². The lowest BCUT2D eigenvalue weighted by Gasteiger charge is -2.20. The molecule has 17 heavy (non-hydrogen) atoms. The SMILES string of the molecule is C/C=C/C=C/[C@H](O)[C@H](Br)[C@H](O)c1ccccc1. The van der Waals surface area contributed by atoms with Gasteiger partial charge >= 0.3 is 0 Å². The number of aliphatic hydroxyl groups excluding tert-OH is 2. The maximum Gasteiger partial charge on any atom is 0.0943 e. The van der Waals surface area contributed by atoms with E-state index in [9.17, 15) is 10.2 Å². The van der Waals surface area contributed by atoms with E-state index in [1.54, 1.807) is 12.2 Å². The summed E-state index contributed by atoms with van der Waals surface area (Å²) in [6.45, 7) is 1.90. The van der Waals surface area contributed by atoms with E-state index in [0.29, 0.717) is 0 Å². The molecule has 1 rings (SSSR count). The summed E-state index contributed by atoms with van der Waals surface area (Å²) in [6.07, 6.45) is 5.64. The molecular weight excluding hydrogens is 280 g/mol. The number of aliphatic hydroxyl groups is 2. The average Bonchev–Trinajstić information content (AvgIpc) is 2.38. The monoisotopic (exact) mass is 296 g/mol. The minimum Gasteiger partial charge on any atom is -0.388 e. The van der Waals surface area contributed by atoms with Crippen LogP contribution in [0.15, 0.2) is 54.6 Å². The molecule has 0 saturated heterocycles. The van der Waals surface area contributed by atoms with Crippen LogP contribution in [-0.2, 0) is 0 Å². The van der Waals surface area contributed by atoms with E-state index in [1.165, 1.54) is 0 Å². The first-order chi connectivity index (χ1) is 8.16. The minimum atomic E-state index is -0.735. The normalized spacial score (nSPS) is 17.4. The first-order valence-electron chi connectivity index (χ1n) is 5.51. The van der Waals surface area contributed by atoms with E-state index in [4.69, 9.17) is 0 Å². The molecule has 0 aliphatic carbocycles. The zero-order valence-corrected chi connectivity index (χ0v) is 11.3. The van der Waals surface area contributed by atoms with Crippen LogP contribution in [0.25, 0.3) is 0 Å². The largest absolute Gasteiger partial charge is 0.388 e. The third kappa shape index (κ3) is 4.46. The predicted octanol–water partition coefficient (Wildman–Crippen LogP) is 2.98. The molecule has 0 unspecified atom stereocenters. The molecule has 0 aliphatic heterocycles. The Morgan fingerprint density at radius 1 is 1.12 bits per heavy atom. The molecule has 0 radical (unpaired) electrons. The Balaban J connectivity index is 2.66. The average molecular weight is 297 g/mol. The van der Waals surface area contributed by atoms with Crippen LogP contribution in [0.3, 0.4) is 0 Å². The highest BCUT2D eigenvalue weighted by Gasteiger charge is 2.23. The van der Waals surface area contributed by atoms with Gasteiger partial charge in [0, 0.05) is 0 Å². The summed E-state index contributed by atoms with van der Waals surface area (Å²) in [5.41, 5.74) is 0.785. The van der Waals surface area contributed by atoms with Crippen LogP contribution in [0.1, 0.15) is 18.6 Å². The first-order valence-corrected chi connectivity index (χ1v) is 6.43. The minimum absolute atomic E-state index is 0.425. The van der Waals surface area contributed by atoms with Gasteiger partial charge in [0.25, 0.3) is 0 Å². The number of rotatable bonds is 5. The van der Waals surface area contributed by atoms with Gasteiger partial charge < -0.3 is 10.2 Å². The van der Waals surface area contributed by atoms with Crippen LogP contribution in [-0.4, -0.2) is 21.1 Å². The second-order valence-corrected chi connectivity index (χ2v) is 4.76. The molecule has 0 spiro atoms.